The number of carbonyl (C=O) groups is 2. The smallest absolute Gasteiger partial charge is 0.410 e. The lowest BCUT2D eigenvalue weighted by molar-refractivity contribution is -0.165. The third kappa shape index (κ3) is 3.37. The molecule has 0 radical (unpaired) electrons. The minimum atomic E-state index is -1.25. The van der Waals surface area contributed by atoms with Crippen LogP contribution in [0.3, 0.4) is 0 Å². The summed E-state index contributed by atoms with van der Waals surface area (Å²) in [5.74, 6) is -0.995. The fourth-order valence-corrected chi connectivity index (χ4v) is 2.09. The third-order valence-electron chi connectivity index (χ3n) is 3.19. The van der Waals surface area contributed by atoms with E-state index in [1.807, 2.05) is 0 Å². The van der Waals surface area contributed by atoms with Gasteiger partial charge in [-0.15, -0.1) is 0 Å². The number of carbonyl (C=O) groups excluding carboxylic acids is 1. The summed E-state index contributed by atoms with van der Waals surface area (Å²) in [5, 5.41) is 9.37. The van der Waals surface area contributed by atoms with Crippen molar-refractivity contribution in [3.05, 3.63) is 0 Å². The molecule has 0 spiro atoms. The van der Waals surface area contributed by atoms with Gasteiger partial charge in [-0.1, -0.05) is 0 Å². The van der Waals surface area contributed by atoms with E-state index in [0.29, 0.717) is 13.0 Å². The number of hydrogen-bond donors (Lipinski definition) is 1. The second-order valence-electron chi connectivity index (χ2n) is 6.27. The summed E-state index contributed by atoms with van der Waals surface area (Å²) in [7, 11) is 0. The molecule has 1 N–H and O–H groups in total. The van der Waals surface area contributed by atoms with Crippen molar-refractivity contribution in [2.24, 2.45) is 0 Å². The van der Waals surface area contributed by atoms with E-state index in [1.165, 1.54) is 4.90 Å². The Morgan fingerprint density at radius 2 is 1.95 bits per heavy atom. The molecule has 6 nitrogen and oxygen atoms in total. The molecule has 0 aromatic heterocycles. The number of likely N-dealkylation sites (tertiary alicyclic amines) is 1. The van der Waals surface area contributed by atoms with Gasteiger partial charge >= 0.3 is 12.1 Å². The zero-order valence-electron chi connectivity index (χ0n) is 11.6. The van der Waals surface area contributed by atoms with E-state index in [1.54, 1.807) is 20.8 Å². The molecule has 1 heterocycles. The number of carboxylic acid groups (broad SMARTS) is 1. The van der Waals surface area contributed by atoms with Crippen molar-refractivity contribution < 1.29 is 24.2 Å². The largest absolute Gasteiger partial charge is 0.479 e. The Morgan fingerprint density at radius 1 is 1.32 bits per heavy atom. The Morgan fingerprint density at radius 3 is 2.42 bits per heavy atom. The fourth-order valence-electron chi connectivity index (χ4n) is 2.09. The lowest BCUT2D eigenvalue weighted by atomic mass is 10.0. The molecule has 1 amide bonds. The summed E-state index contributed by atoms with van der Waals surface area (Å²) >= 11 is 0. The predicted octanol–water partition coefficient (Wildman–Crippen LogP) is 1.63. The van der Waals surface area contributed by atoms with E-state index in [9.17, 15) is 14.7 Å². The topological polar surface area (TPSA) is 76.1 Å². The van der Waals surface area contributed by atoms with Crippen molar-refractivity contribution in [1.29, 1.82) is 0 Å². The lowest BCUT2D eigenvalue weighted by Gasteiger charge is -2.27. The normalized spacial score (nSPS) is 27.4. The van der Waals surface area contributed by atoms with Gasteiger partial charge in [0.15, 0.2) is 5.60 Å². The Labute approximate surface area is 112 Å². The first kappa shape index (κ1) is 14.1. The monoisotopic (exact) mass is 271 g/mol. The number of hydrogen-bond acceptors (Lipinski definition) is 4. The molecule has 1 aliphatic heterocycles. The van der Waals surface area contributed by atoms with E-state index in [2.05, 4.69) is 0 Å². The molecular formula is C13H21NO5. The quantitative estimate of drug-likeness (QED) is 0.844. The molecule has 1 unspecified atom stereocenters. The summed E-state index contributed by atoms with van der Waals surface area (Å²) < 4.78 is 10.9. The summed E-state index contributed by atoms with van der Waals surface area (Å²) in [6.07, 6.45) is 1.69. The standard InChI is InChI=1S/C13H21NO5/c1-12(2,3)19-11(17)14-7-6-13(8-14,10(15)16)18-9-4-5-9/h9H,4-8H2,1-3H3,(H,15,16). The van der Waals surface area contributed by atoms with E-state index < -0.39 is 23.3 Å². The summed E-state index contributed by atoms with van der Waals surface area (Å²) in [5.41, 5.74) is -1.83. The summed E-state index contributed by atoms with van der Waals surface area (Å²) in [6, 6.07) is 0. The third-order valence-corrected chi connectivity index (χ3v) is 3.19. The molecule has 108 valence electrons. The SMILES string of the molecule is CC(C)(C)OC(=O)N1CCC(OC2CC2)(C(=O)O)C1. The van der Waals surface area contributed by atoms with Crippen LogP contribution in [0, 0.1) is 0 Å². The first-order valence-electron chi connectivity index (χ1n) is 6.61. The van der Waals surface area contributed by atoms with Gasteiger partial charge in [0.25, 0.3) is 0 Å². The van der Waals surface area contributed by atoms with Gasteiger partial charge in [0.2, 0.25) is 0 Å². The zero-order valence-corrected chi connectivity index (χ0v) is 11.6. The van der Waals surface area contributed by atoms with Crippen molar-refractivity contribution in [3.8, 4) is 0 Å². The maximum absolute atomic E-state index is 11.9. The van der Waals surface area contributed by atoms with Crippen molar-refractivity contribution >= 4 is 12.1 Å². The summed E-state index contributed by atoms with van der Waals surface area (Å²) in [4.78, 5) is 24.8. The van der Waals surface area contributed by atoms with Crippen LogP contribution < -0.4 is 0 Å². The van der Waals surface area contributed by atoms with Crippen LogP contribution in [-0.4, -0.2) is 52.5 Å². The molecular weight excluding hydrogens is 250 g/mol. The Kier molecular flexibility index (Phi) is 3.47. The second-order valence-corrected chi connectivity index (χ2v) is 6.27. The fraction of sp³-hybridized carbons (Fsp3) is 0.846. The van der Waals surface area contributed by atoms with Crippen molar-refractivity contribution in [3.63, 3.8) is 0 Å². The highest BCUT2D eigenvalue weighted by atomic mass is 16.6. The Bertz CT molecular complexity index is 385. The van der Waals surface area contributed by atoms with Crippen LogP contribution in [0.15, 0.2) is 0 Å². The van der Waals surface area contributed by atoms with Crippen molar-refractivity contribution in [2.45, 2.75) is 57.3 Å². The highest BCUT2D eigenvalue weighted by molar-refractivity contribution is 5.80. The highest BCUT2D eigenvalue weighted by Crippen LogP contribution is 2.35. The second kappa shape index (κ2) is 4.67. The van der Waals surface area contributed by atoms with E-state index in [4.69, 9.17) is 9.47 Å². The lowest BCUT2D eigenvalue weighted by Crippen LogP contribution is -2.46. The number of nitrogens with zero attached hydrogens (tertiary/aromatic N) is 1. The molecule has 1 saturated heterocycles. The van der Waals surface area contributed by atoms with Gasteiger partial charge in [0, 0.05) is 13.0 Å². The van der Waals surface area contributed by atoms with Crippen LogP contribution in [0.4, 0.5) is 4.79 Å². The number of carboxylic acids is 1. The first-order chi connectivity index (χ1) is 8.72. The van der Waals surface area contributed by atoms with Crippen LogP contribution in [0.25, 0.3) is 0 Å². The Balaban J connectivity index is 1.99. The Hall–Kier alpha value is -1.30. The zero-order chi connectivity index (χ0) is 14.3. The molecule has 0 bridgehead atoms. The average Bonchev–Trinajstić information content (AvgIpc) is 2.92. The molecule has 1 saturated carbocycles. The predicted molar refractivity (Wildman–Crippen MR) is 66.9 cm³/mol. The van der Waals surface area contributed by atoms with E-state index in [0.717, 1.165) is 12.8 Å². The van der Waals surface area contributed by atoms with E-state index >= 15 is 0 Å². The van der Waals surface area contributed by atoms with Gasteiger partial charge in [-0.2, -0.15) is 0 Å². The molecule has 2 aliphatic rings. The average molecular weight is 271 g/mol. The van der Waals surface area contributed by atoms with Gasteiger partial charge in [-0.25, -0.2) is 9.59 Å². The van der Waals surface area contributed by atoms with Crippen LogP contribution >= 0.6 is 0 Å². The van der Waals surface area contributed by atoms with E-state index in [-0.39, 0.29) is 12.6 Å². The maximum atomic E-state index is 11.9. The highest BCUT2D eigenvalue weighted by Gasteiger charge is 2.51. The van der Waals surface area contributed by atoms with Gasteiger partial charge in [0.1, 0.15) is 5.60 Å². The number of ether oxygens (including phenoxy) is 2. The maximum Gasteiger partial charge on any atom is 0.410 e. The number of amides is 1. The minimum Gasteiger partial charge on any atom is -0.479 e. The van der Waals surface area contributed by atoms with Crippen LogP contribution in [0.1, 0.15) is 40.0 Å². The van der Waals surface area contributed by atoms with Crippen molar-refractivity contribution in [2.75, 3.05) is 13.1 Å². The number of rotatable bonds is 3. The molecule has 0 aromatic rings. The van der Waals surface area contributed by atoms with Gasteiger partial charge in [-0.3, -0.25) is 0 Å². The molecule has 0 aromatic carbocycles. The summed E-state index contributed by atoms with van der Waals surface area (Å²) in [6.45, 7) is 5.77. The molecule has 1 atom stereocenters. The van der Waals surface area contributed by atoms with Crippen molar-refractivity contribution in [1.82, 2.24) is 4.90 Å². The van der Waals surface area contributed by atoms with Crippen LogP contribution in [0.5, 0.6) is 0 Å². The van der Waals surface area contributed by atoms with Gasteiger partial charge in [-0.05, 0) is 33.6 Å². The first-order valence-corrected chi connectivity index (χ1v) is 6.61. The van der Waals surface area contributed by atoms with Crippen LogP contribution in [-0.2, 0) is 14.3 Å². The number of aliphatic carboxylic acids is 1. The molecule has 1 aliphatic carbocycles. The molecule has 2 fully saturated rings. The minimum absolute atomic E-state index is 0.0367. The molecule has 19 heavy (non-hydrogen) atoms. The molecule has 6 heteroatoms. The molecule has 2 rings (SSSR count). The van der Waals surface area contributed by atoms with Gasteiger partial charge < -0.3 is 19.5 Å². The van der Waals surface area contributed by atoms with Crippen LogP contribution in [0.2, 0.25) is 0 Å². The van der Waals surface area contributed by atoms with Gasteiger partial charge in [0.05, 0.1) is 12.6 Å².